The van der Waals surface area contributed by atoms with Gasteiger partial charge in [0.05, 0.1) is 5.69 Å². The normalized spacial score (nSPS) is 14.1. The molecule has 3 rings (SSSR count). The van der Waals surface area contributed by atoms with Crippen LogP contribution >= 0.6 is 0 Å². The molecule has 1 amide bonds. The number of hydrogen-bond donors (Lipinski definition) is 3. The van der Waals surface area contributed by atoms with Gasteiger partial charge in [-0.15, -0.1) is 13.2 Å². The van der Waals surface area contributed by atoms with E-state index in [9.17, 15) is 18.0 Å². The number of aliphatic imine (C=N–C) groups is 1. The minimum Gasteiger partial charge on any atom is -0.484 e. The van der Waals surface area contributed by atoms with Crippen molar-refractivity contribution in [2.24, 2.45) is 10.7 Å². The number of carbonyl (C=O) groups is 1. The van der Waals surface area contributed by atoms with E-state index in [2.05, 4.69) is 20.4 Å². The van der Waals surface area contributed by atoms with E-state index in [0.717, 1.165) is 18.4 Å². The van der Waals surface area contributed by atoms with E-state index in [1.807, 2.05) is 12.1 Å². The second kappa shape index (κ2) is 10.1. The fraction of sp³-hybridized carbons (Fsp3) is 0.333. The molecule has 0 aliphatic heterocycles. The predicted octanol–water partition coefficient (Wildman–Crippen LogP) is 3.21. The molecule has 0 bridgehead atoms. The van der Waals surface area contributed by atoms with Gasteiger partial charge < -0.3 is 25.8 Å². The standard InChI is InChI=1S/C21H23F3N4O3/c22-21(23,24)31-18-4-2-1-3-17(18)28-20(25)26-12-11-14-5-9-16(10-6-14)30-13-19(29)27-15-7-8-15/h1-6,9-10,15H,7-8,11-13H2,(H,27,29)(H3,25,26,28). The molecule has 0 spiro atoms. The summed E-state index contributed by atoms with van der Waals surface area (Å²) in [6, 6.07) is 13.1. The van der Waals surface area contributed by atoms with Crippen LogP contribution in [0.5, 0.6) is 11.5 Å². The van der Waals surface area contributed by atoms with E-state index < -0.39 is 12.1 Å². The van der Waals surface area contributed by atoms with Gasteiger partial charge in [-0.05, 0) is 49.1 Å². The number of guanidine groups is 1. The van der Waals surface area contributed by atoms with Crippen LogP contribution < -0.4 is 25.8 Å². The molecule has 1 fully saturated rings. The second-order valence-corrected chi connectivity index (χ2v) is 6.96. The van der Waals surface area contributed by atoms with Gasteiger partial charge in [0.25, 0.3) is 5.91 Å². The summed E-state index contributed by atoms with van der Waals surface area (Å²) in [5, 5.41) is 5.46. The number of carbonyl (C=O) groups excluding carboxylic acids is 1. The van der Waals surface area contributed by atoms with Crippen LogP contribution in [0.3, 0.4) is 0 Å². The molecule has 1 aliphatic rings. The van der Waals surface area contributed by atoms with Crippen molar-refractivity contribution >= 4 is 17.6 Å². The first-order chi connectivity index (χ1) is 14.8. The zero-order chi connectivity index (χ0) is 22.3. The van der Waals surface area contributed by atoms with Crippen LogP contribution in [0.4, 0.5) is 18.9 Å². The third-order valence-corrected chi connectivity index (χ3v) is 4.29. The molecule has 0 radical (unpaired) electrons. The lowest BCUT2D eigenvalue weighted by atomic mass is 10.1. The van der Waals surface area contributed by atoms with E-state index in [1.165, 1.54) is 18.2 Å². The van der Waals surface area contributed by atoms with Gasteiger partial charge in [0, 0.05) is 12.6 Å². The van der Waals surface area contributed by atoms with Gasteiger partial charge in [-0.2, -0.15) is 0 Å². The fourth-order valence-corrected chi connectivity index (χ4v) is 2.66. The van der Waals surface area contributed by atoms with E-state index in [-0.39, 0.29) is 24.2 Å². The first kappa shape index (κ1) is 22.3. The number of nitrogens with one attached hydrogen (secondary N) is 2. The van der Waals surface area contributed by atoms with Gasteiger partial charge in [0.15, 0.2) is 18.3 Å². The van der Waals surface area contributed by atoms with Crippen LogP contribution in [0.25, 0.3) is 0 Å². The van der Waals surface area contributed by atoms with Crippen molar-refractivity contribution in [3.63, 3.8) is 0 Å². The molecular formula is C21H23F3N4O3. The number of anilines is 1. The fourth-order valence-electron chi connectivity index (χ4n) is 2.66. The number of alkyl halides is 3. The number of benzene rings is 2. The lowest BCUT2D eigenvalue weighted by molar-refractivity contribution is -0.274. The largest absolute Gasteiger partial charge is 0.573 e. The van der Waals surface area contributed by atoms with E-state index in [4.69, 9.17) is 10.5 Å². The van der Waals surface area contributed by atoms with Crippen molar-refractivity contribution in [2.75, 3.05) is 18.5 Å². The Labute approximate surface area is 177 Å². The molecule has 31 heavy (non-hydrogen) atoms. The van der Waals surface area contributed by atoms with Crippen LogP contribution in [-0.4, -0.2) is 37.4 Å². The molecule has 1 saturated carbocycles. The number of amides is 1. The number of para-hydroxylation sites is 2. The van der Waals surface area contributed by atoms with Gasteiger partial charge in [0.1, 0.15) is 5.75 Å². The Morgan fingerprint density at radius 3 is 2.52 bits per heavy atom. The van der Waals surface area contributed by atoms with E-state index in [0.29, 0.717) is 24.8 Å². The van der Waals surface area contributed by atoms with Crippen molar-refractivity contribution in [3.05, 3.63) is 54.1 Å². The molecule has 2 aromatic rings. The summed E-state index contributed by atoms with van der Waals surface area (Å²) in [5.41, 5.74) is 6.81. The number of nitrogens with two attached hydrogens (primary N) is 1. The van der Waals surface area contributed by atoms with Crippen molar-refractivity contribution in [3.8, 4) is 11.5 Å². The Kier molecular flexibility index (Phi) is 7.22. The molecule has 0 aromatic heterocycles. The monoisotopic (exact) mass is 436 g/mol. The highest BCUT2D eigenvalue weighted by molar-refractivity contribution is 5.93. The van der Waals surface area contributed by atoms with Crippen molar-refractivity contribution in [2.45, 2.75) is 31.7 Å². The highest BCUT2D eigenvalue weighted by Gasteiger charge is 2.32. The average Bonchev–Trinajstić information content (AvgIpc) is 3.52. The molecule has 10 heteroatoms. The number of hydrogen-bond acceptors (Lipinski definition) is 4. The quantitative estimate of drug-likeness (QED) is 0.414. The Morgan fingerprint density at radius 2 is 1.84 bits per heavy atom. The van der Waals surface area contributed by atoms with Gasteiger partial charge in [-0.3, -0.25) is 9.79 Å². The van der Waals surface area contributed by atoms with Crippen molar-refractivity contribution in [1.82, 2.24) is 5.32 Å². The predicted molar refractivity (Wildman–Crippen MR) is 110 cm³/mol. The lowest BCUT2D eigenvalue weighted by Crippen LogP contribution is -2.30. The van der Waals surface area contributed by atoms with E-state index in [1.54, 1.807) is 18.2 Å². The minimum atomic E-state index is -4.80. The topological polar surface area (TPSA) is 98.0 Å². The first-order valence-corrected chi connectivity index (χ1v) is 9.71. The minimum absolute atomic E-state index is 0.0259. The molecule has 4 N–H and O–H groups in total. The van der Waals surface area contributed by atoms with Crippen LogP contribution in [-0.2, 0) is 11.2 Å². The zero-order valence-electron chi connectivity index (χ0n) is 16.6. The maximum atomic E-state index is 12.5. The Bertz CT molecular complexity index is 913. The highest BCUT2D eigenvalue weighted by Crippen LogP contribution is 2.29. The second-order valence-electron chi connectivity index (χ2n) is 6.96. The summed E-state index contributed by atoms with van der Waals surface area (Å²) in [6.45, 7) is 0.299. The number of halogens is 3. The average molecular weight is 436 g/mol. The summed E-state index contributed by atoms with van der Waals surface area (Å²) < 4.78 is 46.8. The van der Waals surface area contributed by atoms with Gasteiger partial charge in [-0.1, -0.05) is 24.3 Å². The summed E-state index contributed by atoms with van der Waals surface area (Å²) in [5.74, 6) is 0.0288. The molecule has 0 atom stereocenters. The maximum Gasteiger partial charge on any atom is 0.573 e. The molecule has 0 unspecified atom stereocenters. The van der Waals surface area contributed by atoms with Crippen molar-refractivity contribution < 1.29 is 27.4 Å². The molecule has 1 aliphatic carbocycles. The van der Waals surface area contributed by atoms with Crippen LogP contribution in [0, 0.1) is 0 Å². The zero-order valence-corrected chi connectivity index (χ0v) is 16.6. The van der Waals surface area contributed by atoms with Crippen LogP contribution in [0.1, 0.15) is 18.4 Å². The third kappa shape index (κ3) is 8.07. The SMILES string of the molecule is NC(=NCCc1ccc(OCC(=O)NC2CC2)cc1)Nc1ccccc1OC(F)(F)F. The Hall–Kier alpha value is -3.43. The summed E-state index contributed by atoms with van der Waals surface area (Å²) >= 11 is 0. The molecule has 2 aromatic carbocycles. The summed E-state index contributed by atoms with van der Waals surface area (Å²) in [4.78, 5) is 15.8. The molecule has 166 valence electrons. The number of rotatable bonds is 9. The summed E-state index contributed by atoms with van der Waals surface area (Å²) in [7, 11) is 0. The van der Waals surface area contributed by atoms with Crippen LogP contribution in [0.15, 0.2) is 53.5 Å². The number of ether oxygens (including phenoxy) is 2. The molecule has 7 nitrogen and oxygen atoms in total. The number of nitrogens with zero attached hydrogens (tertiary/aromatic N) is 1. The maximum absolute atomic E-state index is 12.5. The highest BCUT2D eigenvalue weighted by atomic mass is 19.4. The summed E-state index contributed by atoms with van der Waals surface area (Å²) in [6.07, 6.45) is -2.19. The smallest absolute Gasteiger partial charge is 0.484 e. The van der Waals surface area contributed by atoms with Gasteiger partial charge >= 0.3 is 6.36 Å². The third-order valence-electron chi connectivity index (χ3n) is 4.29. The van der Waals surface area contributed by atoms with E-state index >= 15 is 0 Å². The first-order valence-electron chi connectivity index (χ1n) is 9.71. The Morgan fingerprint density at radius 1 is 1.13 bits per heavy atom. The molecule has 0 saturated heterocycles. The van der Waals surface area contributed by atoms with Crippen LogP contribution in [0.2, 0.25) is 0 Å². The molecule has 0 heterocycles. The molecular weight excluding hydrogens is 413 g/mol. The lowest BCUT2D eigenvalue weighted by Gasteiger charge is -2.14. The van der Waals surface area contributed by atoms with Gasteiger partial charge in [0.2, 0.25) is 0 Å². The Balaban J connectivity index is 1.45. The van der Waals surface area contributed by atoms with Crippen molar-refractivity contribution in [1.29, 1.82) is 0 Å². The van der Waals surface area contributed by atoms with Gasteiger partial charge in [-0.25, -0.2) is 0 Å².